The Balaban J connectivity index is 1.25. The molecule has 7 rings (SSSR count). The van der Waals surface area contributed by atoms with Crippen LogP contribution in [-0.4, -0.2) is 74.4 Å². The van der Waals surface area contributed by atoms with Crippen LogP contribution in [-0.2, 0) is 27.4 Å². The molecule has 2 aromatic heterocycles. The van der Waals surface area contributed by atoms with Crippen LogP contribution in [0.25, 0.3) is 22.4 Å². The predicted octanol–water partition coefficient (Wildman–Crippen LogP) is 2.03. The normalized spacial score (nSPS) is 22.5. The summed E-state index contributed by atoms with van der Waals surface area (Å²) in [6.45, 7) is 4.68. The van der Waals surface area contributed by atoms with Crippen molar-refractivity contribution in [3.05, 3.63) is 47.3 Å². The van der Waals surface area contributed by atoms with E-state index in [4.69, 9.17) is 14.7 Å². The molecule has 190 valence electrons. The van der Waals surface area contributed by atoms with Gasteiger partial charge in [0.15, 0.2) is 5.65 Å². The van der Waals surface area contributed by atoms with Crippen molar-refractivity contribution in [3.8, 4) is 11.3 Å². The fourth-order valence-corrected chi connectivity index (χ4v) is 5.91. The first-order valence-electron chi connectivity index (χ1n) is 13.0. The van der Waals surface area contributed by atoms with Gasteiger partial charge < -0.3 is 14.2 Å². The highest BCUT2D eigenvalue weighted by molar-refractivity contribution is 6.05. The van der Waals surface area contributed by atoms with E-state index in [-0.39, 0.29) is 24.3 Å². The summed E-state index contributed by atoms with van der Waals surface area (Å²) in [5.74, 6) is -0.853. The molecule has 1 aromatic carbocycles. The fourth-order valence-electron chi connectivity index (χ4n) is 5.91. The summed E-state index contributed by atoms with van der Waals surface area (Å²) >= 11 is 0. The first-order chi connectivity index (χ1) is 18.0. The highest BCUT2D eigenvalue weighted by atomic mass is 16.5. The maximum Gasteiger partial charge on any atom is 0.255 e. The lowest BCUT2D eigenvalue weighted by Crippen LogP contribution is -2.52. The molecular formula is C27H28N6O4. The molecule has 10 heteroatoms. The van der Waals surface area contributed by atoms with Crippen molar-refractivity contribution in [1.82, 2.24) is 29.7 Å². The number of fused-ring (bicyclic) bond motifs is 2. The van der Waals surface area contributed by atoms with Crippen molar-refractivity contribution >= 4 is 28.9 Å². The highest BCUT2D eigenvalue weighted by Crippen LogP contribution is 2.33. The summed E-state index contributed by atoms with van der Waals surface area (Å²) in [5, 5.41) is 2.36. The third kappa shape index (κ3) is 3.82. The minimum absolute atomic E-state index is 0.169. The molecule has 6 heterocycles. The Labute approximate surface area is 213 Å². The molecule has 1 atom stereocenters. The summed E-state index contributed by atoms with van der Waals surface area (Å²) in [7, 11) is 0. The molecule has 0 radical (unpaired) electrons. The number of hydrogen-bond acceptors (Lipinski definition) is 7. The van der Waals surface area contributed by atoms with E-state index in [2.05, 4.69) is 20.9 Å². The number of hydrogen-bond donors (Lipinski definition) is 1. The number of ether oxygens (including phenoxy) is 1. The first-order valence-corrected chi connectivity index (χ1v) is 13.0. The van der Waals surface area contributed by atoms with Crippen LogP contribution in [0.3, 0.4) is 0 Å². The maximum atomic E-state index is 13.1. The SMILES string of the molecule is O=C1CCC(N2Cc3cc(-c4cc(CN5CCCC5)c5ncn(C6COC6)c5n4)ccc3C2=O)C(=O)N1. The number of rotatable bonds is 5. The number of carbonyl (C=O) groups excluding carboxylic acids is 3. The smallest absolute Gasteiger partial charge is 0.255 e. The summed E-state index contributed by atoms with van der Waals surface area (Å²) in [6, 6.07) is 7.54. The second-order valence-corrected chi connectivity index (χ2v) is 10.4. The van der Waals surface area contributed by atoms with Crippen molar-refractivity contribution in [2.45, 2.75) is 50.9 Å². The predicted molar refractivity (Wildman–Crippen MR) is 133 cm³/mol. The van der Waals surface area contributed by atoms with Crippen molar-refractivity contribution in [1.29, 1.82) is 0 Å². The van der Waals surface area contributed by atoms with E-state index < -0.39 is 11.9 Å². The molecule has 3 fully saturated rings. The number of carbonyl (C=O) groups is 3. The van der Waals surface area contributed by atoms with Crippen molar-refractivity contribution in [2.75, 3.05) is 26.3 Å². The number of benzene rings is 1. The van der Waals surface area contributed by atoms with Crippen LogP contribution in [0.1, 0.15) is 53.2 Å². The lowest BCUT2D eigenvalue weighted by Gasteiger charge is -2.29. The number of imide groups is 1. The molecule has 3 aromatic rings. The first kappa shape index (κ1) is 22.6. The summed E-state index contributed by atoms with van der Waals surface area (Å²) in [6.07, 6.45) is 4.91. The van der Waals surface area contributed by atoms with E-state index in [1.807, 2.05) is 24.5 Å². The van der Waals surface area contributed by atoms with Gasteiger partial charge in [0.05, 0.1) is 31.3 Å². The number of nitrogens with zero attached hydrogens (tertiary/aromatic N) is 5. The molecule has 0 aliphatic carbocycles. The highest BCUT2D eigenvalue weighted by Gasteiger charge is 2.39. The maximum absolute atomic E-state index is 13.1. The quantitative estimate of drug-likeness (QED) is 0.534. The van der Waals surface area contributed by atoms with Gasteiger partial charge in [0.1, 0.15) is 11.6 Å². The Morgan fingerprint density at radius 3 is 2.68 bits per heavy atom. The van der Waals surface area contributed by atoms with E-state index in [1.165, 1.54) is 12.8 Å². The molecule has 3 saturated heterocycles. The van der Waals surface area contributed by atoms with Crippen LogP contribution in [0.5, 0.6) is 0 Å². The number of pyridine rings is 1. The zero-order valence-electron chi connectivity index (χ0n) is 20.5. The van der Waals surface area contributed by atoms with Gasteiger partial charge in [-0.2, -0.15) is 0 Å². The van der Waals surface area contributed by atoms with Crippen LogP contribution >= 0.6 is 0 Å². The number of aromatic nitrogens is 3. The average Bonchev–Trinajstić information content (AvgIpc) is 3.58. The van der Waals surface area contributed by atoms with E-state index in [9.17, 15) is 14.4 Å². The molecule has 0 saturated carbocycles. The zero-order valence-corrected chi connectivity index (χ0v) is 20.5. The van der Waals surface area contributed by atoms with Gasteiger partial charge in [-0.25, -0.2) is 9.97 Å². The number of amides is 3. The minimum atomic E-state index is -0.623. The average molecular weight is 501 g/mol. The molecule has 1 unspecified atom stereocenters. The standard InChI is InChI=1S/C27H28N6O4/c34-23-6-5-22(26(35)30-23)32-12-17-9-16(3-4-20(17)27(32)36)21-10-18(11-31-7-1-2-8-31)24-25(29-21)33(15-28-24)19-13-37-14-19/h3-4,9-10,15,19,22H,1-2,5-8,11-14H2,(H,30,34,35). The monoisotopic (exact) mass is 500 g/mol. The summed E-state index contributed by atoms with van der Waals surface area (Å²) in [4.78, 5) is 51.0. The van der Waals surface area contributed by atoms with E-state index in [1.54, 1.807) is 4.90 Å². The van der Waals surface area contributed by atoms with Crippen LogP contribution in [0.4, 0.5) is 0 Å². The van der Waals surface area contributed by atoms with E-state index >= 15 is 0 Å². The number of piperidine rings is 1. The molecule has 0 bridgehead atoms. The Bertz CT molecular complexity index is 1440. The second kappa shape index (κ2) is 8.74. The number of likely N-dealkylation sites (tertiary alicyclic amines) is 1. The van der Waals surface area contributed by atoms with Gasteiger partial charge in [0.25, 0.3) is 5.91 Å². The molecule has 0 spiro atoms. The van der Waals surface area contributed by atoms with Gasteiger partial charge in [-0.1, -0.05) is 6.07 Å². The molecule has 37 heavy (non-hydrogen) atoms. The number of nitrogens with one attached hydrogen (secondary N) is 1. The molecule has 4 aliphatic heterocycles. The summed E-state index contributed by atoms with van der Waals surface area (Å²) < 4.78 is 7.55. The van der Waals surface area contributed by atoms with Crippen LogP contribution < -0.4 is 5.32 Å². The summed E-state index contributed by atoms with van der Waals surface area (Å²) in [5.41, 5.74) is 6.20. The lowest BCUT2D eigenvalue weighted by molar-refractivity contribution is -0.136. The van der Waals surface area contributed by atoms with Crippen molar-refractivity contribution in [2.24, 2.45) is 0 Å². The zero-order chi connectivity index (χ0) is 25.1. The largest absolute Gasteiger partial charge is 0.377 e. The topological polar surface area (TPSA) is 110 Å². The second-order valence-electron chi connectivity index (χ2n) is 10.4. The number of imidazole rings is 1. The Morgan fingerprint density at radius 2 is 1.92 bits per heavy atom. The third-order valence-corrected chi connectivity index (χ3v) is 8.03. The van der Waals surface area contributed by atoms with Gasteiger partial charge >= 0.3 is 0 Å². The van der Waals surface area contributed by atoms with Gasteiger partial charge in [0, 0.05) is 30.6 Å². The Hall–Kier alpha value is -3.63. The lowest BCUT2D eigenvalue weighted by atomic mass is 10.0. The minimum Gasteiger partial charge on any atom is -0.377 e. The molecule has 10 nitrogen and oxygen atoms in total. The van der Waals surface area contributed by atoms with Gasteiger partial charge in [-0.3, -0.25) is 24.6 Å². The van der Waals surface area contributed by atoms with Crippen LogP contribution in [0.15, 0.2) is 30.6 Å². The molecule has 3 amide bonds. The van der Waals surface area contributed by atoms with Crippen LogP contribution in [0.2, 0.25) is 0 Å². The Morgan fingerprint density at radius 1 is 1.08 bits per heavy atom. The molecule has 4 aliphatic rings. The molecular weight excluding hydrogens is 472 g/mol. The van der Waals surface area contributed by atoms with Crippen molar-refractivity contribution < 1.29 is 19.1 Å². The molecule has 1 N–H and O–H groups in total. The van der Waals surface area contributed by atoms with Gasteiger partial charge in [-0.15, -0.1) is 0 Å². The van der Waals surface area contributed by atoms with E-state index in [0.717, 1.165) is 53.2 Å². The van der Waals surface area contributed by atoms with Gasteiger partial charge in [0.2, 0.25) is 11.8 Å². The van der Waals surface area contributed by atoms with E-state index in [0.29, 0.717) is 31.7 Å². The van der Waals surface area contributed by atoms with Crippen molar-refractivity contribution in [3.63, 3.8) is 0 Å². The van der Waals surface area contributed by atoms with Crippen LogP contribution in [0, 0.1) is 0 Å². The fraction of sp³-hybridized carbons (Fsp3) is 0.444. The van der Waals surface area contributed by atoms with Gasteiger partial charge in [-0.05, 0) is 61.7 Å². The Kier molecular flexibility index (Phi) is 5.33. The third-order valence-electron chi connectivity index (χ3n) is 8.03.